The summed E-state index contributed by atoms with van der Waals surface area (Å²) in [6.45, 7) is 13.6. The Kier molecular flexibility index (Phi) is 2.80. The van der Waals surface area contributed by atoms with E-state index in [9.17, 15) is 0 Å². The van der Waals surface area contributed by atoms with Crippen LogP contribution in [-0.4, -0.2) is 22.1 Å². The van der Waals surface area contributed by atoms with Crippen LogP contribution in [0.15, 0.2) is 24.3 Å². The van der Waals surface area contributed by atoms with E-state index in [4.69, 9.17) is 4.74 Å². The Labute approximate surface area is 122 Å². The highest BCUT2D eigenvalue weighted by Crippen LogP contribution is 2.52. The monoisotopic (exact) mass is 272 g/mol. The summed E-state index contributed by atoms with van der Waals surface area (Å²) < 4.78 is 9.11. The van der Waals surface area contributed by atoms with Crippen molar-refractivity contribution >= 4 is 5.90 Å². The van der Waals surface area contributed by atoms with Gasteiger partial charge in [0.25, 0.3) is 0 Å². The Hall–Kier alpha value is -1.31. The third-order valence-electron chi connectivity index (χ3n) is 5.18. The molecular weight excluding hydrogens is 246 g/mol. The molecule has 0 amide bonds. The topological polar surface area (TPSA) is 12.2 Å². The molecule has 1 aromatic carbocycles. The molecule has 2 atom stereocenters. The third-order valence-corrected chi connectivity index (χ3v) is 5.18. The molecule has 0 aromatic heterocycles. The highest BCUT2D eigenvalue weighted by Gasteiger charge is 2.68. The molecule has 0 spiro atoms. The van der Waals surface area contributed by atoms with E-state index in [1.54, 1.807) is 0 Å². The minimum atomic E-state index is -0.229. The van der Waals surface area contributed by atoms with Crippen molar-refractivity contribution in [3.8, 4) is 0 Å². The molecule has 1 aliphatic carbocycles. The second-order valence-corrected chi connectivity index (χ2v) is 7.20. The molecular formula is C18H26NO+. The lowest BCUT2D eigenvalue weighted by molar-refractivity contribution is -0.631. The SMILES string of the molecule is CC(C)C1=[N+](C(C)C)[C@@]2(C)Cc3ccccc3[C@@]2(C)O1. The Bertz CT molecular complexity index is 587. The second-order valence-electron chi connectivity index (χ2n) is 7.20. The van der Waals surface area contributed by atoms with Crippen molar-refractivity contribution < 1.29 is 9.31 Å². The van der Waals surface area contributed by atoms with E-state index < -0.39 is 0 Å². The first-order valence-corrected chi connectivity index (χ1v) is 7.75. The number of hydrogen-bond donors (Lipinski definition) is 0. The van der Waals surface area contributed by atoms with Crippen LogP contribution < -0.4 is 0 Å². The first-order chi connectivity index (χ1) is 9.31. The van der Waals surface area contributed by atoms with Crippen LogP contribution in [0.5, 0.6) is 0 Å². The molecule has 1 heterocycles. The molecule has 0 saturated heterocycles. The van der Waals surface area contributed by atoms with Crippen molar-refractivity contribution in [1.82, 2.24) is 0 Å². The van der Waals surface area contributed by atoms with Crippen LogP contribution in [0.1, 0.15) is 52.7 Å². The fourth-order valence-corrected chi connectivity index (χ4v) is 4.17. The van der Waals surface area contributed by atoms with Crippen molar-refractivity contribution in [3.05, 3.63) is 35.4 Å². The second kappa shape index (κ2) is 4.09. The van der Waals surface area contributed by atoms with Gasteiger partial charge in [-0.25, -0.2) is 0 Å². The Morgan fingerprint density at radius 3 is 2.35 bits per heavy atom. The molecule has 0 N–H and O–H groups in total. The zero-order valence-electron chi connectivity index (χ0n) is 13.5. The number of rotatable bonds is 2. The quantitative estimate of drug-likeness (QED) is 0.747. The van der Waals surface area contributed by atoms with E-state index in [0.717, 1.165) is 12.3 Å². The molecule has 0 fully saturated rings. The lowest BCUT2D eigenvalue weighted by Crippen LogP contribution is -2.51. The normalized spacial score (nSPS) is 31.8. The fraction of sp³-hybridized carbons (Fsp3) is 0.611. The van der Waals surface area contributed by atoms with Gasteiger partial charge in [-0.1, -0.05) is 24.3 Å². The predicted molar refractivity (Wildman–Crippen MR) is 82.2 cm³/mol. The van der Waals surface area contributed by atoms with Gasteiger partial charge in [0.15, 0.2) is 6.04 Å². The standard InChI is InChI=1S/C18H26NO/c1-12(2)16-19(13(3)4)17(5)11-14-9-7-8-10-15(14)18(17,6)20-16/h7-10,12-13H,11H2,1-6H3/q+1/t17-,18+/m0/s1. The van der Waals surface area contributed by atoms with E-state index >= 15 is 0 Å². The molecule has 108 valence electrons. The summed E-state index contributed by atoms with van der Waals surface area (Å²) in [6.07, 6.45) is 1.06. The number of nitrogens with zero attached hydrogens (tertiary/aromatic N) is 1. The van der Waals surface area contributed by atoms with E-state index in [1.807, 2.05) is 0 Å². The highest BCUT2D eigenvalue weighted by atomic mass is 16.5. The molecule has 3 rings (SSSR count). The van der Waals surface area contributed by atoms with Crippen molar-refractivity contribution in [2.75, 3.05) is 0 Å². The number of fused-ring (bicyclic) bond motifs is 3. The molecule has 0 radical (unpaired) electrons. The van der Waals surface area contributed by atoms with E-state index in [0.29, 0.717) is 12.0 Å². The van der Waals surface area contributed by atoms with Crippen LogP contribution in [0.4, 0.5) is 0 Å². The van der Waals surface area contributed by atoms with Gasteiger partial charge in [-0.3, -0.25) is 0 Å². The summed E-state index contributed by atoms with van der Waals surface area (Å²) in [5.74, 6) is 1.57. The van der Waals surface area contributed by atoms with Crippen molar-refractivity contribution in [2.24, 2.45) is 5.92 Å². The Balaban J connectivity index is 2.20. The average Bonchev–Trinajstić information content (AvgIpc) is 2.71. The van der Waals surface area contributed by atoms with Crippen LogP contribution >= 0.6 is 0 Å². The number of ether oxygens (including phenoxy) is 1. The average molecular weight is 272 g/mol. The minimum absolute atomic E-state index is 0.0183. The van der Waals surface area contributed by atoms with Gasteiger partial charge in [-0.05, 0) is 40.2 Å². The van der Waals surface area contributed by atoms with E-state index in [2.05, 4.69) is 70.4 Å². The van der Waals surface area contributed by atoms with E-state index in [1.165, 1.54) is 11.1 Å². The summed E-state index contributed by atoms with van der Waals surface area (Å²) in [6, 6.07) is 9.21. The fourth-order valence-electron chi connectivity index (χ4n) is 4.17. The lowest BCUT2D eigenvalue weighted by atomic mass is 9.82. The third kappa shape index (κ3) is 1.48. The summed E-state index contributed by atoms with van der Waals surface area (Å²) >= 11 is 0. The molecule has 2 aliphatic rings. The van der Waals surface area contributed by atoms with Gasteiger partial charge < -0.3 is 4.74 Å². The summed E-state index contributed by atoms with van der Waals surface area (Å²) in [5, 5.41) is 0. The van der Waals surface area contributed by atoms with Gasteiger partial charge in [-0.15, -0.1) is 0 Å². The van der Waals surface area contributed by atoms with Gasteiger partial charge in [0, 0.05) is 18.9 Å². The Morgan fingerprint density at radius 2 is 1.75 bits per heavy atom. The highest BCUT2D eigenvalue weighted by molar-refractivity contribution is 5.76. The van der Waals surface area contributed by atoms with Crippen molar-refractivity contribution in [1.29, 1.82) is 0 Å². The van der Waals surface area contributed by atoms with Gasteiger partial charge in [-0.2, -0.15) is 4.58 Å². The molecule has 2 nitrogen and oxygen atoms in total. The minimum Gasteiger partial charge on any atom is -0.429 e. The van der Waals surface area contributed by atoms with Crippen molar-refractivity contribution in [2.45, 2.75) is 65.1 Å². The van der Waals surface area contributed by atoms with Gasteiger partial charge in [0.1, 0.15) is 0 Å². The maximum absolute atomic E-state index is 6.58. The van der Waals surface area contributed by atoms with Crippen LogP contribution in [0.3, 0.4) is 0 Å². The van der Waals surface area contributed by atoms with Crippen LogP contribution in [0.25, 0.3) is 0 Å². The summed E-state index contributed by atoms with van der Waals surface area (Å²) in [5.41, 5.74) is 2.59. The Morgan fingerprint density at radius 1 is 1.10 bits per heavy atom. The maximum atomic E-state index is 6.58. The van der Waals surface area contributed by atoms with E-state index in [-0.39, 0.29) is 11.1 Å². The van der Waals surface area contributed by atoms with Gasteiger partial charge in [0.05, 0.1) is 5.92 Å². The summed E-state index contributed by atoms with van der Waals surface area (Å²) in [4.78, 5) is 0. The molecule has 0 unspecified atom stereocenters. The molecule has 0 bridgehead atoms. The van der Waals surface area contributed by atoms with Crippen LogP contribution in [-0.2, 0) is 16.8 Å². The molecule has 0 saturated carbocycles. The van der Waals surface area contributed by atoms with Crippen LogP contribution in [0.2, 0.25) is 0 Å². The smallest absolute Gasteiger partial charge is 0.340 e. The van der Waals surface area contributed by atoms with Crippen LogP contribution in [0, 0.1) is 5.92 Å². The maximum Gasteiger partial charge on any atom is 0.340 e. The first-order valence-electron chi connectivity index (χ1n) is 7.75. The predicted octanol–water partition coefficient (Wildman–Crippen LogP) is 3.72. The molecule has 1 aliphatic heterocycles. The molecule has 2 heteroatoms. The number of benzene rings is 1. The van der Waals surface area contributed by atoms with Crippen molar-refractivity contribution in [3.63, 3.8) is 0 Å². The summed E-state index contributed by atoms with van der Waals surface area (Å²) in [7, 11) is 0. The molecule has 20 heavy (non-hydrogen) atoms. The van der Waals surface area contributed by atoms with Gasteiger partial charge in [0.2, 0.25) is 11.1 Å². The lowest BCUT2D eigenvalue weighted by Gasteiger charge is -2.30. The first kappa shape index (κ1) is 13.7. The zero-order chi connectivity index (χ0) is 14.7. The largest absolute Gasteiger partial charge is 0.429 e. The van der Waals surface area contributed by atoms with Gasteiger partial charge >= 0.3 is 5.90 Å². The number of hydrogen-bond acceptors (Lipinski definition) is 1. The molecule has 1 aromatic rings. The zero-order valence-corrected chi connectivity index (χ0v) is 13.5.